The average molecular weight is 381 g/mol. The van der Waals surface area contributed by atoms with Crippen LogP contribution in [0.4, 0.5) is 0 Å². The van der Waals surface area contributed by atoms with Crippen LogP contribution in [0.5, 0.6) is 0 Å². The van der Waals surface area contributed by atoms with Gasteiger partial charge in [0.1, 0.15) is 0 Å². The van der Waals surface area contributed by atoms with Gasteiger partial charge < -0.3 is 4.90 Å². The fourth-order valence-corrected chi connectivity index (χ4v) is 6.59. The molecule has 2 fully saturated rings. The molecule has 1 spiro atoms. The van der Waals surface area contributed by atoms with E-state index in [9.17, 15) is 4.79 Å². The van der Waals surface area contributed by atoms with Gasteiger partial charge in [0.2, 0.25) is 5.91 Å². The van der Waals surface area contributed by atoms with E-state index in [0.29, 0.717) is 5.41 Å². The van der Waals surface area contributed by atoms with Crippen molar-refractivity contribution in [2.45, 2.75) is 58.4 Å². The minimum absolute atomic E-state index is 0. The smallest absolute Gasteiger partial charge is 0.219 e. The molecule has 5 aliphatic rings. The maximum Gasteiger partial charge on any atom is 0.219 e. The summed E-state index contributed by atoms with van der Waals surface area (Å²) in [5.41, 5.74) is 5.24. The number of nitrogens with zero attached hydrogens (tertiary/aromatic N) is 2. The third kappa shape index (κ3) is 2.77. The highest BCUT2D eigenvalue weighted by Gasteiger charge is 2.51. The van der Waals surface area contributed by atoms with Crippen LogP contribution in [0.15, 0.2) is 35.9 Å². The Morgan fingerprint density at radius 1 is 1.21 bits per heavy atom. The van der Waals surface area contributed by atoms with Crippen molar-refractivity contribution in [2.24, 2.45) is 17.3 Å². The van der Waals surface area contributed by atoms with Crippen molar-refractivity contribution >= 4 is 5.91 Å². The van der Waals surface area contributed by atoms with Crippen molar-refractivity contribution in [2.75, 3.05) is 26.2 Å². The van der Waals surface area contributed by atoms with Gasteiger partial charge in [-0.25, -0.2) is 0 Å². The maximum absolute atomic E-state index is 12.2. The third-order valence-corrected chi connectivity index (χ3v) is 8.69. The van der Waals surface area contributed by atoms with E-state index in [0.717, 1.165) is 57.4 Å². The Bertz CT molecular complexity index is 822. The topological polar surface area (TPSA) is 23.6 Å². The Morgan fingerprint density at radius 3 is 2.64 bits per heavy atom. The minimum Gasteiger partial charge on any atom is -0.338 e. The van der Waals surface area contributed by atoms with Crippen LogP contribution in [-0.2, 0) is 16.8 Å². The Morgan fingerprint density at radius 2 is 1.96 bits per heavy atom. The molecule has 3 aliphatic carbocycles. The number of benzene rings is 1. The summed E-state index contributed by atoms with van der Waals surface area (Å²) in [4.78, 5) is 16.9. The van der Waals surface area contributed by atoms with Gasteiger partial charge in [0.15, 0.2) is 0 Å². The van der Waals surface area contributed by atoms with Crippen LogP contribution >= 0.6 is 0 Å². The van der Waals surface area contributed by atoms with Gasteiger partial charge in [-0.3, -0.25) is 9.69 Å². The summed E-state index contributed by atoms with van der Waals surface area (Å²) in [5.74, 6) is 1.94. The van der Waals surface area contributed by atoms with Crippen molar-refractivity contribution in [3.8, 4) is 0 Å². The second-order valence-electron chi connectivity index (χ2n) is 10.4. The number of piperidine rings is 1. The molecule has 1 amide bonds. The van der Waals surface area contributed by atoms with E-state index in [1.165, 1.54) is 24.0 Å². The van der Waals surface area contributed by atoms with E-state index in [2.05, 4.69) is 54.0 Å². The summed E-state index contributed by atoms with van der Waals surface area (Å²) in [7, 11) is 0. The highest BCUT2D eigenvalue weighted by atomic mass is 16.2. The van der Waals surface area contributed by atoms with E-state index < -0.39 is 0 Å². The highest BCUT2D eigenvalue weighted by Crippen LogP contribution is 2.59. The van der Waals surface area contributed by atoms with Gasteiger partial charge in [-0.05, 0) is 67.2 Å². The third-order valence-electron chi connectivity index (χ3n) is 8.69. The molecule has 1 saturated carbocycles. The lowest BCUT2D eigenvalue weighted by Gasteiger charge is -2.57. The number of hydrogen-bond acceptors (Lipinski definition) is 2. The molecule has 3 nitrogen and oxygen atoms in total. The van der Waals surface area contributed by atoms with Crippen molar-refractivity contribution in [1.82, 2.24) is 9.80 Å². The van der Waals surface area contributed by atoms with Gasteiger partial charge in [-0.2, -0.15) is 0 Å². The SMILES string of the molecule is CC(=O)N1Cc2ccccc2C2(CCN(CC3=CCC4C[C@@H]3C4(C)C)CC2)C1.[HH]. The first-order valence-corrected chi connectivity index (χ1v) is 11.1. The summed E-state index contributed by atoms with van der Waals surface area (Å²) >= 11 is 0. The second-order valence-corrected chi connectivity index (χ2v) is 10.4. The number of hydrogen-bond donors (Lipinski definition) is 0. The van der Waals surface area contributed by atoms with Gasteiger partial charge in [0.25, 0.3) is 0 Å². The molecule has 152 valence electrons. The summed E-state index contributed by atoms with van der Waals surface area (Å²) in [6.45, 7) is 11.8. The predicted molar refractivity (Wildman–Crippen MR) is 115 cm³/mol. The summed E-state index contributed by atoms with van der Waals surface area (Å²) in [6.07, 6.45) is 7.59. The molecular formula is C25H36N2O. The zero-order valence-corrected chi connectivity index (χ0v) is 17.7. The van der Waals surface area contributed by atoms with Gasteiger partial charge >= 0.3 is 0 Å². The van der Waals surface area contributed by atoms with Crippen LogP contribution in [0.2, 0.25) is 0 Å². The molecule has 2 heterocycles. The first-order valence-electron chi connectivity index (χ1n) is 11.1. The largest absolute Gasteiger partial charge is 0.338 e. The van der Waals surface area contributed by atoms with Crippen molar-refractivity contribution in [3.63, 3.8) is 0 Å². The molecule has 2 aliphatic heterocycles. The Kier molecular flexibility index (Phi) is 4.24. The fourth-order valence-electron chi connectivity index (χ4n) is 6.59. The van der Waals surface area contributed by atoms with Gasteiger partial charge in [-0.1, -0.05) is 49.8 Å². The number of amides is 1. The van der Waals surface area contributed by atoms with E-state index >= 15 is 0 Å². The number of rotatable bonds is 2. The molecule has 6 rings (SSSR count). The number of carbonyl (C=O) groups is 1. The predicted octanol–water partition coefficient (Wildman–Crippen LogP) is 4.62. The number of fused-ring (bicyclic) bond motifs is 3. The van der Waals surface area contributed by atoms with Gasteiger partial charge in [-0.15, -0.1) is 0 Å². The molecule has 1 aromatic carbocycles. The molecular weight excluding hydrogens is 344 g/mol. The first kappa shape index (κ1) is 18.4. The molecule has 28 heavy (non-hydrogen) atoms. The van der Waals surface area contributed by atoms with Gasteiger partial charge in [0, 0.05) is 33.4 Å². The average Bonchev–Trinajstić information content (AvgIpc) is 2.70. The molecule has 0 N–H and O–H groups in total. The van der Waals surface area contributed by atoms with E-state index in [1.54, 1.807) is 12.5 Å². The van der Waals surface area contributed by atoms with Crippen molar-refractivity contribution in [3.05, 3.63) is 47.0 Å². The van der Waals surface area contributed by atoms with E-state index in [4.69, 9.17) is 0 Å². The highest BCUT2D eigenvalue weighted by molar-refractivity contribution is 5.74. The molecule has 1 unspecified atom stereocenters. The normalized spacial score (nSPS) is 30.4. The molecule has 3 heteroatoms. The Hall–Kier alpha value is -1.61. The lowest BCUT2D eigenvalue weighted by molar-refractivity contribution is -0.131. The van der Waals surface area contributed by atoms with Crippen LogP contribution in [0.25, 0.3) is 0 Å². The quantitative estimate of drug-likeness (QED) is 0.699. The standard InChI is InChI=1S/C25H34N2O.H2/c1-18(28)27-16-19-6-4-5-7-22(19)25(17-27)10-12-26(13-11-25)15-20-8-9-21-14-23(20)24(21,2)3;/h4-8,21,23H,9-17H2,1-3H3;1H/t21?,23-;/m0./s1. The summed E-state index contributed by atoms with van der Waals surface area (Å²) in [6, 6.07) is 8.84. The van der Waals surface area contributed by atoms with Crippen LogP contribution in [0, 0.1) is 17.3 Å². The van der Waals surface area contributed by atoms with Crippen LogP contribution in [0.1, 0.15) is 59.0 Å². The lowest BCUT2D eigenvalue weighted by Crippen LogP contribution is -2.54. The number of likely N-dealkylation sites (tertiary alicyclic amines) is 1. The molecule has 1 saturated heterocycles. The van der Waals surface area contributed by atoms with Crippen LogP contribution < -0.4 is 0 Å². The molecule has 0 aromatic heterocycles. The number of allylic oxidation sites excluding steroid dienone is 1. The minimum atomic E-state index is 0. The summed E-state index contributed by atoms with van der Waals surface area (Å²) < 4.78 is 0. The Balaban J connectivity index is 0.00000205. The fraction of sp³-hybridized carbons (Fsp3) is 0.640. The Labute approximate surface area is 171 Å². The van der Waals surface area contributed by atoms with Crippen molar-refractivity contribution < 1.29 is 6.22 Å². The molecule has 1 aromatic rings. The first-order chi connectivity index (χ1) is 13.4. The van der Waals surface area contributed by atoms with Gasteiger partial charge in [0.05, 0.1) is 0 Å². The molecule has 0 radical (unpaired) electrons. The van der Waals surface area contributed by atoms with Crippen molar-refractivity contribution in [1.29, 1.82) is 0 Å². The van der Waals surface area contributed by atoms with E-state index in [1.807, 2.05) is 0 Å². The lowest BCUT2D eigenvalue weighted by atomic mass is 9.49. The molecule has 2 bridgehead atoms. The van der Waals surface area contributed by atoms with Crippen LogP contribution in [-0.4, -0.2) is 41.9 Å². The molecule has 2 atom stereocenters. The monoisotopic (exact) mass is 380 g/mol. The second kappa shape index (κ2) is 6.45. The zero-order valence-electron chi connectivity index (χ0n) is 17.7. The maximum atomic E-state index is 12.2. The van der Waals surface area contributed by atoms with Crippen LogP contribution in [0.3, 0.4) is 0 Å². The number of carbonyl (C=O) groups excluding carboxylic acids is 1. The van der Waals surface area contributed by atoms with E-state index in [-0.39, 0.29) is 12.7 Å². The summed E-state index contributed by atoms with van der Waals surface area (Å²) in [5, 5.41) is 0. The zero-order chi connectivity index (χ0) is 19.5.